The van der Waals surface area contributed by atoms with Gasteiger partial charge in [-0.25, -0.2) is 9.48 Å². The van der Waals surface area contributed by atoms with Crippen molar-refractivity contribution in [2.75, 3.05) is 6.79 Å². The number of aromatic nitrogens is 3. The summed E-state index contributed by atoms with van der Waals surface area (Å²) < 4.78 is 14.5. The highest BCUT2D eigenvalue weighted by molar-refractivity contribution is 9.10. The van der Waals surface area contributed by atoms with Gasteiger partial charge in [0.05, 0.1) is 6.54 Å². The van der Waals surface area contributed by atoms with Gasteiger partial charge in [0, 0.05) is 10.7 Å². The second-order valence-corrected chi connectivity index (χ2v) is 5.52. The van der Waals surface area contributed by atoms with Crippen LogP contribution in [-0.2, 0) is 6.54 Å². The molecule has 1 aliphatic rings. The molecule has 0 fully saturated rings. The first-order chi connectivity index (χ1) is 10.2. The standard InChI is InChI=1S/C14H10BrN3O3/c15-10-6-12-11(20-8-21-12)5-9(10)7-18-14(19)17-4-2-1-3-13(17)16-18/h1-6H,7-8H2. The molecule has 0 bridgehead atoms. The minimum atomic E-state index is -0.171. The van der Waals surface area contributed by atoms with Crippen molar-refractivity contribution < 1.29 is 9.47 Å². The first-order valence-electron chi connectivity index (χ1n) is 6.34. The molecule has 4 rings (SSSR count). The third-order valence-electron chi connectivity index (χ3n) is 3.35. The van der Waals surface area contributed by atoms with Crippen molar-refractivity contribution >= 4 is 21.6 Å². The van der Waals surface area contributed by atoms with Crippen LogP contribution >= 0.6 is 15.9 Å². The largest absolute Gasteiger partial charge is 0.454 e. The summed E-state index contributed by atoms with van der Waals surface area (Å²) in [5.41, 5.74) is 1.36. The minimum Gasteiger partial charge on any atom is -0.454 e. The molecule has 0 spiro atoms. The van der Waals surface area contributed by atoms with E-state index in [0.717, 1.165) is 10.0 Å². The monoisotopic (exact) mass is 347 g/mol. The number of hydrogen-bond donors (Lipinski definition) is 0. The Morgan fingerprint density at radius 1 is 1.24 bits per heavy atom. The zero-order valence-corrected chi connectivity index (χ0v) is 12.4. The average Bonchev–Trinajstić information content (AvgIpc) is 3.05. The smallest absolute Gasteiger partial charge is 0.350 e. The van der Waals surface area contributed by atoms with E-state index < -0.39 is 0 Å². The summed E-state index contributed by atoms with van der Waals surface area (Å²) in [5.74, 6) is 1.39. The lowest BCUT2D eigenvalue weighted by Gasteiger charge is -2.05. The van der Waals surface area contributed by atoms with E-state index >= 15 is 0 Å². The maximum atomic E-state index is 12.3. The minimum absolute atomic E-state index is 0.171. The summed E-state index contributed by atoms with van der Waals surface area (Å²) in [6, 6.07) is 9.16. The molecule has 3 aromatic rings. The van der Waals surface area contributed by atoms with Crippen LogP contribution in [0.1, 0.15) is 5.56 Å². The van der Waals surface area contributed by atoms with Gasteiger partial charge in [0.2, 0.25) is 6.79 Å². The van der Waals surface area contributed by atoms with E-state index in [-0.39, 0.29) is 12.5 Å². The highest BCUT2D eigenvalue weighted by atomic mass is 79.9. The van der Waals surface area contributed by atoms with Crippen LogP contribution in [0.25, 0.3) is 5.65 Å². The van der Waals surface area contributed by atoms with Crippen molar-refractivity contribution in [3.05, 3.63) is 57.0 Å². The van der Waals surface area contributed by atoms with E-state index in [1.54, 1.807) is 18.3 Å². The Kier molecular flexibility index (Phi) is 2.75. The Bertz CT molecular complexity index is 900. The molecule has 0 N–H and O–H groups in total. The molecular formula is C14H10BrN3O3. The van der Waals surface area contributed by atoms with Gasteiger partial charge < -0.3 is 9.47 Å². The number of benzene rings is 1. The van der Waals surface area contributed by atoms with Crippen molar-refractivity contribution in [2.45, 2.75) is 6.54 Å². The fraction of sp³-hybridized carbons (Fsp3) is 0.143. The van der Waals surface area contributed by atoms with Gasteiger partial charge in [0.15, 0.2) is 17.1 Å². The van der Waals surface area contributed by atoms with Crippen LogP contribution < -0.4 is 15.2 Å². The summed E-state index contributed by atoms with van der Waals surface area (Å²) in [4.78, 5) is 12.3. The Morgan fingerprint density at radius 3 is 2.86 bits per heavy atom. The second-order valence-electron chi connectivity index (χ2n) is 4.67. The predicted octanol–water partition coefficient (Wildman–Crippen LogP) is 2.04. The van der Waals surface area contributed by atoms with Crippen molar-refractivity contribution in [3.63, 3.8) is 0 Å². The summed E-state index contributed by atoms with van der Waals surface area (Å²) in [7, 11) is 0. The molecule has 0 atom stereocenters. The molecule has 1 aromatic carbocycles. The van der Waals surface area contributed by atoms with E-state index in [1.807, 2.05) is 18.2 Å². The molecule has 2 aromatic heterocycles. The van der Waals surface area contributed by atoms with E-state index in [4.69, 9.17) is 9.47 Å². The van der Waals surface area contributed by atoms with Crippen LogP contribution in [0.15, 0.2) is 45.8 Å². The number of hydrogen-bond acceptors (Lipinski definition) is 4. The van der Waals surface area contributed by atoms with Crippen LogP contribution in [0, 0.1) is 0 Å². The number of halogens is 1. The van der Waals surface area contributed by atoms with E-state index in [9.17, 15) is 4.79 Å². The van der Waals surface area contributed by atoms with Crippen molar-refractivity contribution in [3.8, 4) is 11.5 Å². The van der Waals surface area contributed by atoms with Gasteiger partial charge in [-0.05, 0) is 29.8 Å². The number of fused-ring (bicyclic) bond motifs is 2. The first kappa shape index (κ1) is 12.5. The zero-order valence-electron chi connectivity index (χ0n) is 10.8. The molecular weight excluding hydrogens is 338 g/mol. The summed E-state index contributed by atoms with van der Waals surface area (Å²) >= 11 is 3.49. The fourth-order valence-corrected chi connectivity index (χ4v) is 2.76. The molecule has 3 heterocycles. The molecule has 0 saturated carbocycles. The summed E-state index contributed by atoms with van der Waals surface area (Å²) in [5, 5.41) is 4.32. The average molecular weight is 348 g/mol. The molecule has 21 heavy (non-hydrogen) atoms. The number of pyridine rings is 1. The van der Waals surface area contributed by atoms with Crippen molar-refractivity contribution in [1.29, 1.82) is 0 Å². The van der Waals surface area contributed by atoms with Crippen molar-refractivity contribution in [1.82, 2.24) is 14.2 Å². The van der Waals surface area contributed by atoms with Crippen LogP contribution in [0.3, 0.4) is 0 Å². The molecule has 1 aliphatic heterocycles. The van der Waals surface area contributed by atoms with Crippen molar-refractivity contribution in [2.24, 2.45) is 0 Å². The van der Waals surface area contributed by atoms with Gasteiger partial charge in [0.1, 0.15) is 0 Å². The van der Waals surface area contributed by atoms with E-state index in [1.165, 1.54) is 9.08 Å². The molecule has 6 nitrogen and oxygen atoms in total. The maximum absolute atomic E-state index is 12.3. The lowest BCUT2D eigenvalue weighted by molar-refractivity contribution is 0.174. The third-order valence-corrected chi connectivity index (χ3v) is 4.09. The van der Waals surface area contributed by atoms with E-state index in [0.29, 0.717) is 23.7 Å². The molecule has 0 unspecified atom stereocenters. The lowest BCUT2D eigenvalue weighted by Crippen LogP contribution is -2.21. The van der Waals surface area contributed by atoms with Gasteiger partial charge in [-0.15, -0.1) is 5.10 Å². The fourth-order valence-electron chi connectivity index (χ4n) is 2.31. The Hall–Kier alpha value is -2.28. The number of rotatable bonds is 2. The predicted molar refractivity (Wildman–Crippen MR) is 78.8 cm³/mol. The van der Waals surface area contributed by atoms with Gasteiger partial charge in [0.25, 0.3) is 0 Å². The molecule has 106 valence electrons. The summed E-state index contributed by atoms with van der Waals surface area (Å²) in [6.45, 7) is 0.581. The molecule has 0 aliphatic carbocycles. The normalized spacial score (nSPS) is 13.0. The second kappa shape index (κ2) is 4.63. The lowest BCUT2D eigenvalue weighted by atomic mass is 10.2. The number of ether oxygens (including phenoxy) is 2. The van der Waals surface area contributed by atoms with E-state index in [2.05, 4.69) is 21.0 Å². The zero-order chi connectivity index (χ0) is 14.4. The van der Waals surface area contributed by atoms with Crippen LogP contribution in [0.5, 0.6) is 11.5 Å². The SMILES string of the molecule is O=c1n(Cc2cc3c(cc2Br)OCO3)nc2ccccn12. The third kappa shape index (κ3) is 2.01. The quantitative estimate of drug-likeness (QED) is 0.711. The van der Waals surface area contributed by atoms with Crippen LogP contribution in [0.2, 0.25) is 0 Å². The Balaban J connectivity index is 1.78. The summed E-state index contributed by atoms with van der Waals surface area (Å²) in [6.07, 6.45) is 1.70. The first-order valence-corrected chi connectivity index (χ1v) is 7.14. The maximum Gasteiger partial charge on any atom is 0.350 e. The Morgan fingerprint density at radius 2 is 2.05 bits per heavy atom. The highest BCUT2D eigenvalue weighted by Crippen LogP contribution is 2.37. The highest BCUT2D eigenvalue weighted by Gasteiger charge is 2.17. The van der Waals surface area contributed by atoms with Gasteiger partial charge >= 0.3 is 5.69 Å². The van der Waals surface area contributed by atoms with Crippen LogP contribution in [0.4, 0.5) is 0 Å². The van der Waals surface area contributed by atoms with Gasteiger partial charge in [-0.3, -0.25) is 4.40 Å². The molecule has 0 radical (unpaired) electrons. The molecule has 0 amide bonds. The number of nitrogens with zero attached hydrogens (tertiary/aromatic N) is 3. The van der Waals surface area contributed by atoms with Gasteiger partial charge in [-0.2, -0.15) is 0 Å². The van der Waals surface area contributed by atoms with Gasteiger partial charge in [-0.1, -0.05) is 22.0 Å². The molecule has 0 saturated heterocycles. The Labute approximate surface area is 127 Å². The van der Waals surface area contributed by atoms with Crippen LogP contribution in [-0.4, -0.2) is 21.0 Å². The topological polar surface area (TPSA) is 57.8 Å². The molecule has 7 heteroatoms.